The Morgan fingerprint density at radius 3 is 2.67 bits per heavy atom. The molecule has 3 nitrogen and oxygen atoms in total. The smallest absolute Gasteiger partial charge is 0.160 e. The number of rotatable bonds is 3. The van der Waals surface area contributed by atoms with Crippen LogP contribution in [0.1, 0.15) is 17.3 Å². The van der Waals surface area contributed by atoms with E-state index in [2.05, 4.69) is 20.9 Å². The van der Waals surface area contributed by atoms with E-state index in [1.807, 2.05) is 30.3 Å². The number of aromatic nitrogens is 1. The van der Waals surface area contributed by atoms with Gasteiger partial charge in [0.2, 0.25) is 0 Å². The maximum absolute atomic E-state index is 11.4. The van der Waals surface area contributed by atoms with E-state index in [1.165, 1.54) is 6.92 Å². The fourth-order valence-electron chi connectivity index (χ4n) is 2.09. The predicted octanol–water partition coefficient (Wildman–Crippen LogP) is 4.99. The summed E-state index contributed by atoms with van der Waals surface area (Å²) in [7, 11) is 0. The lowest BCUT2D eigenvalue weighted by Gasteiger charge is -2.08. The molecule has 3 rings (SSSR count). The van der Waals surface area contributed by atoms with Crippen LogP contribution in [-0.2, 0) is 0 Å². The molecule has 0 aliphatic heterocycles. The Balaban J connectivity index is 1.91. The van der Waals surface area contributed by atoms with Gasteiger partial charge in [0.1, 0.15) is 11.5 Å². The van der Waals surface area contributed by atoms with Gasteiger partial charge in [0.05, 0.1) is 11.7 Å². The molecule has 4 heteroatoms. The van der Waals surface area contributed by atoms with Crippen molar-refractivity contribution in [3.63, 3.8) is 0 Å². The number of ketones is 1. The summed E-state index contributed by atoms with van der Waals surface area (Å²) in [6, 6.07) is 15.1. The van der Waals surface area contributed by atoms with Crippen LogP contribution in [-0.4, -0.2) is 10.8 Å². The number of halogens is 1. The molecular formula is C17H12BrNO2. The Labute approximate surface area is 130 Å². The van der Waals surface area contributed by atoms with Crippen molar-refractivity contribution in [1.29, 1.82) is 0 Å². The van der Waals surface area contributed by atoms with Gasteiger partial charge < -0.3 is 4.74 Å². The molecule has 0 unspecified atom stereocenters. The van der Waals surface area contributed by atoms with Crippen molar-refractivity contribution >= 4 is 32.6 Å². The van der Waals surface area contributed by atoms with Crippen molar-refractivity contribution in [3.8, 4) is 11.5 Å². The number of Topliss-reactive ketones (excluding diaryl/α,β-unsaturated/α-hetero) is 1. The summed E-state index contributed by atoms with van der Waals surface area (Å²) in [6.07, 6.45) is 1.69. The van der Waals surface area contributed by atoms with Gasteiger partial charge in [0.25, 0.3) is 0 Å². The summed E-state index contributed by atoms with van der Waals surface area (Å²) in [5, 5.41) is 1.02. The molecule has 0 atom stereocenters. The zero-order chi connectivity index (χ0) is 14.8. The number of carbonyl (C=O) groups is 1. The van der Waals surface area contributed by atoms with Gasteiger partial charge in [0, 0.05) is 15.4 Å². The van der Waals surface area contributed by atoms with Gasteiger partial charge in [-0.3, -0.25) is 9.78 Å². The fraction of sp³-hybridized carbons (Fsp3) is 0.0588. The quantitative estimate of drug-likeness (QED) is 0.630. The molecule has 0 amide bonds. The van der Waals surface area contributed by atoms with Crippen LogP contribution in [0.4, 0.5) is 0 Å². The standard InChI is InChI=1S/C17H12BrNO2/c1-11(20)15-7-6-13(9-16(15)18)21-14-8-12-4-2-3-5-17(12)19-10-14/h2-10H,1H3. The number of pyridine rings is 1. The molecule has 104 valence electrons. The van der Waals surface area contributed by atoms with Crippen molar-refractivity contribution in [1.82, 2.24) is 4.98 Å². The average Bonchev–Trinajstić information content (AvgIpc) is 2.47. The molecule has 0 bridgehead atoms. The van der Waals surface area contributed by atoms with Crippen LogP contribution in [0, 0.1) is 0 Å². The summed E-state index contributed by atoms with van der Waals surface area (Å²) in [5.41, 5.74) is 1.57. The van der Waals surface area contributed by atoms with Gasteiger partial charge in [0.15, 0.2) is 5.78 Å². The van der Waals surface area contributed by atoms with E-state index in [1.54, 1.807) is 24.4 Å². The average molecular weight is 342 g/mol. The first-order chi connectivity index (χ1) is 10.1. The van der Waals surface area contributed by atoms with E-state index in [4.69, 9.17) is 4.74 Å². The van der Waals surface area contributed by atoms with Gasteiger partial charge in [-0.1, -0.05) is 18.2 Å². The number of benzene rings is 2. The molecular weight excluding hydrogens is 330 g/mol. The van der Waals surface area contributed by atoms with Crippen LogP contribution in [0.3, 0.4) is 0 Å². The summed E-state index contributed by atoms with van der Waals surface area (Å²) in [4.78, 5) is 15.8. The maximum Gasteiger partial charge on any atom is 0.160 e. The molecule has 0 fully saturated rings. The highest BCUT2D eigenvalue weighted by atomic mass is 79.9. The number of ether oxygens (including phenoxy) is 1. The fourth-order valence-corrected chi connectivity index (χ4v) is 2.72. The van der Waals surface area contributed by atoms with E-state index in [-0.39, 0.29) is 5.78 Å². The normalized spacial score (nSPS) is 10.6. The number of fused-ring (bicyclic) bond motifs is 1. The van der Waals surface area contributed by atoms with E-state index in [0.717, 1.165) is 15.4 Å². The summed E-state index contributed by atoms with van der Waals surface area (Å²) in [5.74, 6) is 1.33. The lowest BCUT2D eigenvalue weighted by molar-refractivity contribution is 0.101. The zero-order valence-electron chi connectivity index (χ0n) is 11.3. The second-order valence-electron chi connectivity index (χ2n) is 4.66. The number of hydrogen-bond acceptors (Lipinski definition) is 3. The Morgan fingerprint density at radius 1 is 1.10 bits per heavy atom. The molecule has 0 aliphatic carbocycles. The largest absolute Gasteiger partial charge is 0.456 e. The molecule has 1 heterocycles. The lowest BCUT2D eigenvalue weighted by Crippen LogP contribution is -1.94. The van der Waals surface area contributed by atoms with Crippen molar-refractivity contribution in [2.75, 3.05) is 0 Å². The maximum atomic E-state index is 11.4. The van der Waals surface area contributed by atoms with Gasteiger partial charge in [-0.15, -0.1) is 0 Å². The monoisotopic (exact) mass is 341 g/mol. The number of para-hydroxylation sites is 1. The molecule has 1 aromatic heterocycles. The topological polar surface area (TPSA) is 39.2 Å². The summed E-state index contributed by atoms with van der Waals surface area (Å²) in [6.45, 7) is 1.54. The van der Waals surface area contributed by atoms with Crippen LogP contribution >= 0.6 is 15.9 Å². The third-order valence-electron chi connectivity index (χ3n) is 3.12. The molecule has 0 radical (unpaired) electrons. The van der Waals surface area contributed by atoms with Crippen LogP contribution in [0.15, 0.2) is 59.2 Å². The predicted molar refractivity (Wildman–Crippen MR) is 86.0 cm³/mol. The van der Waals surface area contributed by atoms with Crippen LogP contribution in [0.5, 0.6) is 11.5 Å². The third kappa shape index (κ3) is 2.95. The lowest BCUT2D eigenvalue weighted by atomic mass is 10.1. The second-order valence-corrected chi connectivity index (χ2v) is 5.52. The number of nitrogens with zero attached hydrogens (tertiary/aromatic N) is 1. The molecule has 0 spiro atoms. The van der Waals surface area contributed by atoms with Crippen molar-refractivity contribution in [2.24, 2.45) is 0 Å². The molecule has 2 aromatic carbocycles. The first kappa shape index (κ1) is 13.8. The first-order valence-electron chi connectivity index (χ1n) is 6.46. The van der Waals surface area contributed by atoms with E-state index in [0.29, 0.717) is 17.1 Å². The molecule has 0 aliphatic rings. The van der Waals surface area contributed by atoms with Crippen molar-refractivity contribution in [2.45, 2.75) is 6.92 Å². The van der Waals surface area contributed by atoms with Gasteiger partial charge >= 0.3 is 0 Å². The second kappa shape index (κ2) is 5.66. The van der Waals surface area contributed by atoms with Crippen LogP contribution in [0.25, 0.3) is 10.9 Å². The highest BCUT2D eigenvalue weighted by molar-refractivity contribution is 9.10. The van der Waals surface area contributed by atoms with Gasteiger partial charge in [-0.25, -0.2) is 0 Å². The molecule has 3 aromatic rings. The van der Waals surface area contributed by atoms with Crippen LogP contribution in [0.2, 0.25) is 0 Å². The zero-order valence-corrected chi connectivity index (χ0v) is 12.9. The first-order valence-corrected chi connectivity index (χ1v) is 7.26. The minimum absolute atomic E-state index is 0.0146. The van der Waals surface area contributed by atoms with Crippen molar-refractivity contribution in [3.05, 3.63) is 64.8 Å². The van der Waals surface area contributed by atoms with E-state index in [9.17, 15) is 4.79 Å². The summed E-state index contributed by atoms with van der Waals surface area (Å²) < 4.78 is 6.52. The van der Waals surface area contributed by atoms with Crippen LogP contribution < -0.4 is 4.74 Å². The minimum atomic E-state index is 0.0146. The molecule has 21 heavy (non-hydrogen) atoms. The molecule has 0 saturated carbocycles. The molecule has 0 N–H and O–H groups in total. The Hall–Kier alpha value is -2.20. The van der Waals surface area contributed by atoms with Gasteiger partial charge in [-0.05, 0) is 53.2 Å². The highest BCUT2D eigenvalue weighted by Gasteiger charge is 2.07. The summed E-state index contributed by atoms with van der Waals surface area (Å²) >= 11 is 3.38. The molecule has 0 saturated heterocycles. The van der Waals surface area contributed by atoms with E-state index < -0.39 is 0 Å². The third-order valence-corrected chi connectivity index (χ3v) is 3.78. The Morgan fingerprint density at radius 2 is 1.90 bits per heavy atom. The Bertz CT molecular complexity index is 830. The van der Waals surface area contributed by atoms with Crippen molar-refractivity contribution < 1.29 is 9.53 Å². The Kier molecular flexibility index (Phi) is 3.71. The minimum Gasteiger partial charge on any atom is -0.456 e. The van der Waals surface area contributed by atoms with E-state index >= 15 is 0 Å². The number of hydrogen-bond donors (Lipinski definition) is 0. The number of carbonyl (C=O) groups excluding carboxylic acids is 1. The highest BCUT2D eigenvalue weighted by Crippen LogP contribution is 2.28. The SMILES string of the molecule is CC(=O)c1ccc(Oc2cnc3ccccc3c2)cc1Br. The van der Waals surface area contributed by atoms with Gasteiger partial charge in [-0.2, -0.15) is 0 Å².